The monoisotopic (exact) mass is 488 g/mol. The summed E-state index contributed by atoms with van der Waals surface area (Å²) in [7, 11) is -1.85. The Morgan fingerprint density at radius 3 is 2.59 bits per heavy atom. The van der Waals surface area contributed by atoms with Crippen LogP contribution in [0.4, 0.5) is 18.0 Å². The molecule has 32 heavy (non-hydrogen) atoms. The highest BCUT2D eigenvalue weighted by Crippen LogP contribution is 2.33. The van der Waals surface area contributed by atoms with Crippen molar-refractivity contribution in [2.75, 3.05) is 6.54 Å². The largest absolute Gasteiger partial charge is 0.416 e. The lowest BCUT2D eigenvalue weighted by Crippen LogP contribution is -2.44. The quantitative estimate of drug-likeness (QED) is 0.539. The van der Waals surface area contributed by atoms with Gasteiger partial charge in [-0.05, 0) is 61.4 Å². The van der Waals surface area contributed by atoms with Crippen molar-refractivity contribution in [1.29, 1.82) is 0 Å². The van der Waals surface area contributed by atoms with Crippen LogP contribution in [0.25, 0.3) is 0 Å². The van der Waals surface area contributed by atoms with Crippen LogP contribution in [-0.2, 0) is 23.7 Å². The first-order valence-electron chi connectivity index (χ1n) is 10.2. The maximum absolute atomic E-state index is 12.9. The number of carbonyl (C=O) groups is 1. The Kier molecular flexibility index (Phi) is 8.50. The van der Waals surface area contributed by atoms with Crippen LogP contribution in [0.1, 0.15) is 36.8 Å². The van der Waals surface area contributed by atoms with Gasteiger partial charge in [0.1, 0.15) is 11.0 Å². The van der Waals surface area contributed by atoms with Crippen molar-refractivity contribution in [2.24, 2.45) is 5.92 Å². The summed E-state index contributed by atoms with van der Waals surface area (Å²) in [6.07, 6.45) is 1.96. The normalized spacial score (nSPS) is 19.9. The van der Waals surface area contributed by atoms with Crippen LogP contribution in [0.5, 0.6) is 0 Å². The molecule has 1 aliphatic carbocycles. The van der Waals surface area contributed by atoms with Gasteiger partial charge >= 0.3 is 12.2 Å². The summed E-state index contributed by atoms with van der Waals surface area (Å²) < 4.78 is 54.0. The minimum atomic E-state index is -4.53. The average molecular weight is 489 g/mol. The van der Waals surface area contributed by atoms with Gasteiger partial charge in [-0.1, -0.05) is 17.7 Å². The summed E-state index contributed by atoms with van der Waals surface area (Å²) in [5.74, 6) is 0.208. The maximum atomic E-state index is 12.9. The summed E-state index contributed by atoms with van der Waals surface area (Å²) >= 11 is 5.95. The lowest BCUT2D eigenvalue weighted by Gasteiger charge is -2.29. The average Bonchev–Trinajstić information content (AvgIpc) is 2.77. The van der Waals surface area contributed by atoms with E-state index in [1.54, 1.807) is 18.5 Å². The predicted octanol–water partition coefficient (Wildman–Crippen LogP) is 4.42. The number of alkyl halides is 3. The molecular formula is C21H24ClF3N4O2S. The zero-order valence-corrected chi connectivity index (χ0v) is 18.7. The van der Waals surface area contributed by atoms with Gasteiger partial charge in [-0.15, -0.1) is 0 Å². The number of halogens is 4. The van der Waals surface area contributed by atoms with E-state index in [0.717, 1.165) is 49.4 Å². The van der Waals surface area contributed by atoms with E-state index >= 15 is 0 Å². The minimum absolute atomic E-state index is 0.0223. The van der Waals surface area contributed by atoms with Gasteiger partial charge in [-0.2, -0.15) is 13.2 Å². The van der Waals surface area contributed by atoms with Gasteiger partial charge in [0.15, 0.2) is 0 Å². The number of rotatable bonds is 7. The number of aromatic nitrogens is 1. The molecular weight excluding hydrogens is 465 g/mol. The predicted molar refractivity (Wildman–Crippen MR) is 116 cm³/mol. The summed E-state index contributed by atoms with van der Waals surface area (Å²) in [5.41, 5.74) is 0.0201. The van der Waals surface area contributed by atoms with Crippen molar-refractivity contribution >= 4 is 28.6 Å². The third-order valence-electron chi connectivity index (χ3n) is 5.32. The van der Waals surface area contributed by atoms with Crippen LogP contribution in [0.2, 0.25) is 5.02 Å². The molecule has 0 radical (unpaired) electrons. The summed E-state index contributed by atoms with van der Waals surface area (Å²) in [4.78, 5) is 16.0. The van der Waals surface area contributed by atoms with E-state index in [4.69, 9.17) is 11.6 Å². The molecule has 11 heteroatoms. The van der Waals surface area contributed by atoms with Crippen molar-refractivity contribution in [1.82, 2.24) is 20.3 Å². The van der Waals surface area contributed by atoms with E-state index in [9.17, 15) is 22.2 Å². The molecule has 1 atom stereocenters. The fourth-order valence-corrected chi connectivity index (χ4v) is 4.87. The van der Waals surface area contributed by atoms with Crippen molar-refractivity contribution in [2.45, 2.75) is 49.3 Å². The zero-order chi connectivity index (χ0) is 23.1. The van der Waals surface area contributed by atoms with Gasteiger partial charge in [-0.3, -0.25) is 4.98 Å². The van der Waals surface area contributed by atoms with E-state index in [1.165, 1.54) is 0 Å². The highest BCUT2D eigenvalue weighted by Gasteiger charge is 2.31. The maximum Gasteiger partial charge on any atom is 0.416 e. The molecule has 1 heterocycles. The number of carbonyl (C=O) groups excluding carboxylic acids is 1. The van der Waals surface area contributed by atoms with Crippen LogP contribution in [0.3, 0.4) is 0 Å². The summed E-state index contributed by atoms with van der Waals surface area (Å²) in [5, 5.41) is 5.78. The number of hydrogen-bond acceptors (Lipinski definition) is 3. The highest BCUT2D eigenvalue weighted by molar-refractivity contribution is 7.83. The minimum Gasteiger partial charge on any atom is -0.335 e. The molecule has 2 aromatic rings. The van der Waals surface area contributed by atoms with Gasteiger partial charge in [0.25, 0.3) is 0 Å². The summed E-state index contributed by atoms with van der Waals surface area (Å²) in [6, 6.07) is 6.27. The van der Waals surface area contributed by atoms with Gasteiger partial charge in [0.05, 0.1) is 15.5 Å². The Bertz CT molecular complexity index is 938. The topological polar surface area (TPSA) is 83.1 Å². The van der Waals surface area contributed by atoms with Crippen LogP contribution in [0, 0.1) is 5.92 Å². The first-order valence-corrected chi connectivity index (χ1v) is 11.7. The third kappa shape index (κ3) is 7.18. The third-order valence-corrected chi connectivity index (χ3v) is 6.93. The molecule has 1 unspecified atom stereocenters. The molecule has 0 bridgehead atoms. The first-order chi connectivity index (χ1) is 15.2. The number of nitrogens with one attached hydrogen (secondary N) is 3. The second-order valence-electron chi connectivity index (χ2n) is 7.67. The molecule has 1 aromatic heterocycles. The van der Waals surface area contributed by atoms with Crippen LogP contribution in [-0.4, -0.2) is 27.8 Å². The Hall–Kier alpha value is -2.17. The van der Waals surface area contributed by atoms with Crippen LogP contribution >= 0.6 is 11.6 Å². The fraction of sp³-hybridized carbons (Fsp3) is 0.429. The molecule has 0 saturated heterocycles. The zero-order valence-electron chi connectivity index (χ0n) is 17.1. The molecule has 1 saturated carbocycles. The van der Waals surface area contributed by atoms with Gasteiger partial charge in [0, 0.05) is 31.5 Å². The molecule has 1 aromatic carbocycles. The smallest absolute Gasteiger partial charge is 0.335 e. The van der Waals surface area contributed by atoms with E-state index in [-0.39, 0.29) is 27.9 Å². The fourth-order valence-electron chi connectivity index (χ4n) is 3.53. The van der Waals surface area contributed by atoms with E-state index in [1.807, 2.05) is 6.07 Å². The number of amides is 2. The number of pyridine rings is 1. The van der Waals surface area contributed by atoms with Crippen LogP contribution < -0.4 is 15.4 Å². The Labute approximate surface area is 191 Å². The van der Waals surface area contributed by atoms with Gasteiger partial charge < -0.3 is 10.6 Å². The second-order valence-corrected chi connectivity index (χ2v) is 9.34. The summed E-state index contributed by atoms with van der Waals surface area (Å²) in [6.45, 7) is 0.780. The SMILES string of the molecule is O=C(NCc1cccnc1)NC1CCC(CNS(=O)c2cc(C(F)(F)F)ccc2Cl)CC1. The van der Waals surface area contributed by atoms with Gasteiger partial charge in [-0.25, -0.2) is 13.7 Å². The molecule has 1 fully saturated rings. The Morgan fingerprint density at radius 2 is 1.94 bits per heavy atom. The van der Waals surface area contributed by atoms with Gasteiger partial charge in [0.2, 0.25) is 0 Å². The van der Waals surface area contributed by atoms with Crippen molar-refractivity contribution < 1.29 is 22.2 Å². The Balaban J connectivity index is 1.40. The van der Waals surface area contributed by atoms with Crippen molar-refractivity contribution in [3.05, 3.63) is 58.9 Å². The molecule has 3 N–H and O–H groups in total. The van der Waals surface area contributed by atoms with E-state index < -0.39 is 22.7 Å². The molecule has 1 aliphatic rings. The van der Waals surface area contributed by atoms with Crippen LogP contribution in [0.15, 0.2) is 47.6 Å². The lowest BCUT2D eigenvalue weighted by atomic mass is 9.86. The lowest BCUT2D eigenvalue weighted by molar-refractivity contribution is -0.137. The van der Waals surface area contributed by atoms with E-state index in [0.29, 0.717) is 13.1 Å². The number of nitrogens with zero attached hydrogens (tertiary/aromatic N) is 1. The number of benzene rings is 1. The van der Waals surface area contributed by atoms with Crippen molar-refractivity contribution in [3.63, 3.8) is 0 Å². The highest BCUT2D eigenvalue weighted by atomic mass is 35.5. The molecule has 0 spiro atoms. The van der Waals surface area contributed by atoms with Crippen molar-refractivity contribution in [3.8, 4) is 0 Å². The first kappa shape index (κ1) is 24.5. The molecule has 174 valence electrons. The Morgan fingerprint density at radius 1 is 1.19 bits per heavy atom. The molecule has 2 amide bonds. The molecule has 3 rings (SSSR count). The number of urea groups is 1. The molecule has 6 nitrogen and oxygen atoms in total. The number of hydrogen-bond donors (Lipinski definition) is 3. The van der Waals surface area contributed by atoms with E-state index in [2.05, 4.69) is 20.3 Å². The second kappa shape index (κ2) is 11.1. The standard InChI is InChI=1S/C21H24ClF3N4O2S/c22-18-8-5-16(21(23,24)25)10-19(18)32(31)28-13-14-3-6-17(7-4-14)29-20(30)27-12-15-2-1-9-26-11-15/h1-2,5,8-11,14,17,28H,3-4,6-7,12-13H2,(H2,27,29,30). The molecule has 0 aliphatic heterocycles.